The summed E-state index contributed by atoms with van der Waals surface area (Å²) < 4.78 is 26.8. The lowest BCUT2D eigenvalue weighted by Gasteiger charge is -2.09. The Morgan fingerprint density at radius 1 is 1.20 bits per heavy atom. The molecule has 112 valence electrons. The van der Waals surface area contributed by atoms with Gasteiger partial charge in [-0.15, -0.1) is 0 Å². The van der Waals surface area contributed by atoms with Crippen LogP contribution in [0.3, 0.4) is 0 Å². The lowest BCUT2D eigenvalue weighted by molar-refractivity contribution is 0.577. The Morgan fingerprint density at radius 2 is 1.85 bits per heavy atom. The van der Waals surface area contributed by atoms with Gasteiger partial charge in [-0.25, -0.2) is 13.1 Å². The van der Waals surface area contributed by atoms with Crippen LogP contribution in [-0.4, -0.2) is 27.5 Å². The van der Waals surface area contributed by atoms with E-state index in [1.54, 1.807) is 12.1 Å². The van der Waals surface area contributed by atoms with E-state index in [2.05, 4.69) is 23.9 Å². The summed E-state index contributed by atoms with van der Waals surface area (Å²) in [4.78, 5) is 0.360. The number of hydrogen-bond donors (Lipinski definition) is 2. The van der Waals surface area contributed by atoms with Gasteiger partial charge in [0.2, 0.25) is 10.0 Å². The van der Waals surface area contributed by atoms with Crippen LogP contribution >= 0.6 is 0 Å². The molecule has 2 N–H and O–H groups in total. The smallest absolute Gasteiger partial charge is 0.240 e. The minimum atomic E-state index is -3.33. The third-order valence-electron chi connectivity index (χ3n) is 3.46. The molecule has 0 heterocycles. The topological polar surface area (TPSA) is 58.2 Å². The minimum Gasteiger partial charge on any atom is -0.314 e. The first-order valence-electron chi connectivity index (χ1n) is 7.29. The fraction of sp³-hybridized carbons (Fsp3) is 0.600. The average molecular weight is 296 g/mol. The molecule has 0 atom stereocenters. The highest BCUT2D eigenvalue weighted by atomic mass is 32.2. The summed E-state index contributed by atoms with van der Waals surface area (Å²) in [5, 5.41) is 3.35. The molecule has 0 spiro atoms. The molecule has 1 aromatic carbocycles. The third kappa shape index (κ3) is 4.89. The van der Waals surface area contributed by atoms with Gasteiger partial charge in [0.1, 0.15) is 0 Å². The first-order valence-corrected chi connectivity index (χ1v) is 8.77. The van der Waals surface area contributed by atoms with Crippen molar-refractivity contribution >= 4 is 10.0 Å². The fourth-order valence-corrected chi connectivity index (χ4v) is 3.09. The van der Waals surface area contributed by atoms with Crippen LogP contribution in [0.1, 0.15) is 32.3 Å². The van der Waals surface area contributed by atoms with Crippen molar-refractivity contribution in [1.82, 2.24) is 10.0 Å². The summed E-state index contributed by atoms with van der Waals surface area (Å²) in [7, 11) is -3.33. The monoisotopic (exact) mass is 296 g/mol. The van der Waals surface area contributed by atoms with Crippen molar-refractivity contribution in [3.63, 3.8) is 0 Å². The first-order chi connectivity index (χ1) is 9.47. The predicted molar refractivity (Wildman–Crippen MR) is 81.2 cm³/mol. The molecule has 0 bridgehead atoms. The molecule has 4 nitrogen and oxygen atoms in total. The van der Waals surface area contributed by atoms with Crippen LogP contribution in [-0.2, 0) is 16.4 Å². The zero-order valence-corrected chi connectivity index (χ0v) is 13.0. The van der Waals surface area contributed by atoms with E-state index in [-0.39, 0.29) is 0 Å². The van der Waals surface area contributed by atoms with Gasteiger partial charge < -0.3 is 5.32 Å². The van der Waals surface area contributed by atoms with Gasteiger partial charge in [-0.1, -0.05) is 26.0 Å². The van der Waals surface area contributed by atoms with Crippen molar-refractivity contribution in [2.24, 2.45) is 5.92 Å². The van der Waals surface area contributed by atoms with Gasteiger partial charge in [0.25, 0.3) is 0 Å². The average Bonchev–Trinajstić information content (AvgIpc) is 3.21. The van der Waals surface area contributed by atoms with Gasteiger partial charge in [0.15, 0.2) is 0 Å². The number of hydrogen-bond acceptors (Lipinski definition) is 3. The molecule has 1 aliphatic rings. The van der Waals surface area contributed by atoms with E-state index in [1.807, 2.05) is 12.1 Å². The zero-order valence-electron chi connectivity index (χ0n) is 12.2. The molecule has 1 fully saturated rings. The molecule has 0 aliphatic heterocycles. The second kappa shape index (κ2) is 6.70. The van der Waals surface area contributed by atoms with Crippen molar-refractivity contribution < 1.29 is 8.42 Å². The Balaban J connectivity index is 1.89. The lowest BCUT2D eigenvalue weighted by Crippen LogP contribution is -2.26. The molecule has 0 unspecified atom stereocenters. The maximum absolute atomic E-state index is 12.1. The molecule has 1 aromatic rings. The summed E-state index contributed by atoms with van der Waals surface area (Å²) >= 11 is 0. The van der Waals surface area contributed by atoms with E-state index >= 15 is 0 Å². The molecule has 2 rings (SSSR count). The van der Waals surface area contributed by atoms with Crippen molar-refractivity contribution in [3.05, 3.63) is 29.8 Å². The van der Waals surface area contributed by atoms with Crippen LogP contribution in [0.4, 0.5) is 0 Å². The van der Waals surface area contributed by atoms with E-state index in [0.717, 1.165) is 31.4 Å². The first kappa shape index (κ1) is 15.5. The summed E-state index contributed by atoms with van der Waals surface area (Å²) in [5.74, 6) is 0.547. The zero-order chi connectivity index (χ0) is 14.6. The predicted octanol–water partition coefficient (Wildman–Crippen LogP) is 1.92. The van der Waals surface area contributed by atoms with Gasteiger partial charge in [0.05, 0.1) is 4.90 Å². The van der Waals surface area contributed by atoms with E-state index in [1.165, 1.54) is 0 Å². The molecule has 0 radical (unpaired) electrons. The second-order valence-electron chi connectivity index (χ2n) is 5.80. The summed E-state index contributed by atoms with van der Waals surface area (Å²) in [6.07, 6.45) is 3.20. The molecule has 0 aromatic heterocycles. The number of benzene rings is 1. The van der Waals surface area contributed by atoms with Crippen LogP contribution < -0.4 is 10.0 Å². The van der Waals surface area contributed by atoms with E-state index in [0.29, 0.717) is 23.4 Å². The number of rotatable bonds is 8. The van der Waals surface area contributed by atoms with Gasteiger partial charge >= 0.3 is 0 Å². The molecule has 1 aliphatic carbocycles. The standard InChI is InChI=1S/C15H24N2O2S/c1-12(2)16-10-9-13-5-7-15(8-6-13)20(18,19)17-11-14-3-4-14/h5-8,12,14,16-17H,3-4,9-11H2,1-2H3. The number of sulfonamides is 1. The summed E-state index contributed by atoms with van der Waals surface area (Å²) in [5.41, 5.74) is 1.15. The lowest BCUT2D eigenvalue weighted by atomic mass is 10.1. The summed E-state index contributed by atoms with van der Waals surface area (Å²) in [6, 6.07) is 7.66. The molecular weight excluding hydrogens is 272 g/mol. The van der Waals surface area contributed by atoms with E-state index < -0.39 is 10.0 Å². The fourth-order valence-electron chi connectivity index (χ4n) is 1.97. The second-order valence-corrected chi connectivity index (χ2v) is 7.57. The largest absolute Gasteiger partial charge is 0.314 e. The highest BCUT2D eigenvalue weighted by molar-refractivity contribution is 7.89. The van der Waals surface area contributed by atoms with Crippen LogP contribution in [0.25, 0.3) is 0 Å². The summed E-state index contributed by atoms with van der Waals surface area (Å²) in [6.45, 7) is 5.70. The van der Waals surface area contributed by atoms with Crippen molar-refractivity contribution in [1.29, 1.82) is 0 Å². The normalized spacial score (nSPS) is 15.8. The quantitative estimate of drug-likeness (QED) is 0.770. The molecular formula is C15H24N2O2S. The Hall–Kier alpha value is -0.910. The highest BCUT2D eigenvalue weighted by Crippen LogP contribution is 2.28. The van der Waals surface area contributed by atoms with Crippen LogP contribution in [0.5, 0.6) is 0 Å². The minimum absolute atomic E-state index is 0.360. The van der Waals surface area contributed by atoms with Crippen molar-refractivity contribution in [2.75, 3.05) is 13.1 Å². The maximum Gasteiger partial charge on any atom is 0.240 e. The Bertz CT molecular complexity index is 519. The maximum atomic E-state index is 12.1. The van der Waals surface area contributed by atoms with Gasteiger partial charge in [-0.2, -0.15) is 0 Å². The van der Waals surface area contributed by atoms with Crippen LogP contribution in [0.15, 0.2) is 29.2 Å². The third-order valence-corrected chi connectivity index (χ3v) is 4.90. The molecule has 1 saturated carbocycles. The highest BCUT2D eigenvalue weighted by Gasteiger charge is 2.24. The van der Waals surface area contributed by atoms with Crippen molar-refractivity contribution in [3.8, 4) is 0 Å². The van der Waals surface area contributed by atoms with Crippen LogP contribution in [0.2, 0.25) is 0 Å². The van der Waals surface area contributed by atoms with Gasteiger partial charge in [-0.3, -0.25) is 0 Å². The molecule has 0 saturated heterocycles. The van der Waals surface area contributed by atoms with E-state index in [4.69, 9.17) is 0 Å². The van der Waals surface area contributed by atoms with Crippen LogP contribution in [0, 0.1) is 5.92 Å². The van der Waals surface area contributed by atoms with Gasteiger partial charge in [-0.05, 0) is 49.4 Å². The number of nitrogens with one attached hydrogen (secondary N) is 2. The Labute approximate surface area is 122 Å². The Morgan fingerprint density at radius 3 is 2.40 bits per heavy atom. The van der Waals surface area contributed by atoms with Gasteiger partial charge in [0, 0.05) is 12.6 Å². The SMILES string of the molecule is CC(C)NCCc1ccc(S(=O)(=O)NCC2CC2)cc1. The van der Waals surface area contributed by atoms with E-state index in [9.17, 15) is 8.42 Å². The van der Waals surface area contributed by atoms with Crippen molar-refractivity contribution in [2.45, 2.75) is 44.0 Å². The molecule has 5 heteroatoms. The Kier molecular flexibility index (Phi) is 5.18. The molecule has 20 heavy (non-hydrogen) atoms. The molecule has 0 amide bonds.